The van der Waals surface area contributed by atoms with E-state index in [4.69, 9.17) is 4.74 Å². The van der Waals surface area contributed by atoms with Gasteiger partial charge in [-0.15, -0.1) is 10.2 Å². The number of ether oxygens (including phenoxy) is 1. The number of morpholine rings is 1. The SMILES string of the molecule is Cc1ccc2c(c1)cc(C)c1nnc(SCC(=O)N3CCOCC3)n12. The molecule has 4 rings (SSSR count). The van der Waals surface area contributed by atoms with Crippen LogP contribution in [0, 0.1) is 13.8 Å². The number of amides is 1. The van der Waals surface area contributed by atoms with Gasteiger partial charge in [0.25, 0.3) is 0 Å². The monoisotopic (exact) mass is 356 g/mol. The van der Waals surface area contributed by atoms with Crippen LogP contribution in [0.15, 0.2) is 29.4 Å². The number of fused-ring (bicyclic) bond motifs is 3. The van der Waals surface area contributed by atoms with Gasteiger partial charge >= 0.3 is 0 Å². The molecule has 3 heterocycles. The maximum absolute atomic E-state index is 12.4. The molecule has 1 saturated heterocycles. The lowest BCUT2D eigenvalue weighted by Crippen LogP contribution is -2.41. The number of aromatic nitrogens is 3. The van der Waals surface area contributed by atoms with Crippen LogP contribution >= 0.6 is 11.8 Å². The molecule has 7 heteroatoms. The summed E-state index contributed by atoms with van der Waals surface area (Å²) in [6.45, 7) is 6.70. The van der Waals surface area contributed by atoms with Crippen molar-refractivity contribution in [1.82, 2.24) is 19.5 Å². The van der Waals surface area contributed by atoms with Crippen molar-refractivity contribution in [3.05, 3.63) is 35.4 Å². The van der Waals surface area contributed by atoms with Crippen molar-refractivity contribution < 1.29 is 9.53 Å². The molecule has 3 aromatic rings. The molecule has 1 fully saturated rings. The number of rotatable bonds is 3. The summed E-state index contributed by atoms with van der Waals surface area (Å²) in [5.41, 5.74) is 4.21. The van der Waals surface area contributed by atoms with Gasteiger partial charge in [0.2, 0.25) is 5.91 Å². The fourth-order valence-corrected chi connectivity index (χ4v) is 4.00. The van der Waals surface area contributed by atoms with E-state index in [-0.39, 0.29) is 5.91 Å². The maximum atomic E-state index is 12.4. The lowest BCUT2D eigenvalue weighted by atomic mass is 10.1. The summed E-state index contributed by atoms with van der Waals surface area (Å²) in [5, 5.41) is 10.6. The highest BCUT2D eigenvalue weighted by Crippen LogP contribution is 2.26. The summed E-state index contributed by atoms with van der Waals surface area (Å²) in [4.78, 5) is 14.3. The molecule has 25 heavy (non-hydrogen) atoms. The van der Waals surface area contributed by atoms with Gasteiger partial charge in [-0.3, -0.25) is 9.20 Å². The van der Waals surface area contributed by atoms with Gasteiger partial charge in [0.15, 0.2) is 10.8 Å². The van der Waals surface area contributed by atoms with E-state index < -0.39 is 0 Å². The van der Waals surface area contributed by atoms with E-state index in [0.29, 0.717) is 32.1 Å². The van der Waals surface area contributed by atoms with E-state index in [1.54, 1.807) is 0 Å². The number of pyridine rings is 1. The van der Waals surface area contributed by atoms with Crippen LogP contribution in [0.5, 0.6) is 0 Å². The number of carbonyl (C=O) groups excluding carboxylic acids is 1. The number of hydrogen-bond acceptors (Lipinski definition) is 5. The number of benzene rings is 1. The van der Waals surface area contributed by atoms with Crippen LogP contribution in [0.25, 0.3) is 16.6 Å². The molecule has 0 unspecified atom stereocenters. The minimum atomic E-state index is 0.123. The number of carbonyl (C=O) groups is 1. The van der Waals surface area contributed by atoms with E-state index in [1.165, 1.54) is 17.3 Å². The zero-order valence-corrected chi connectivity index (χ0v) is 15.2. The highest BCUT2D eigenvalue weighted by Gasteiger charge is 2.19. The van der Waals surface area contributed by atoms with Crippen LogP contribution < -0.4 is 0 Å². The second kappa shape index (κ2) is 6.65. The summed E-state index contributed by atoms with van der Waals surface area (Å²) in [6.07, 6.45) is 0. The summed E-state index contributed by atoms with van der Waals surface area (Å²) in [7, 11) is 0. The van der Waals surface area contributed by atoms with Crippen molar-refractivity contribution in [2.45, 2.75) is 19.0 Å². The Labute approximate surface area is 150 Å². The van der Waals surface area contributed by atoms with Crippen molar-refractivity contribution in [3.8, 4) is 0 Å². The van der Waals surface area contributed by atoms with Gasteiger partial charge in [-0.2, -0.15) is 0 Å². The average Bonchev–Trinajstić information content (AvgIpc) is 3.05. The van der Waals surface area contributed by atoms with Crippen molar-refractivity contribution in [1.29, 1.82) is 0 Å². The van der Waals surface area contributed by atoms with Gasteiger partial charge in [-0.25, -0.2) is 0 Å². The highest BCUT2D eigenvalue weighted by molar-refractivity contribution is 7.99. The van der Waals surface area contributed by atoms with E-state index in [1.807, 2.05) is 11.8 Å². The molecule has 130 valence electrons. The first kappa shape index (κ1) is 16.4. The Morgan fingerprint density at radius 2 is 2.00 bits per heavy atom. The Balaban J connectivity index is 1.65. The third kappa shape index (κ3) is 3.09. The van der Waals surface area contributed by atoms with Crippen LogP contribution in [-0.2, 0) is 9.53 Å². The van der Waals surface area contributed by atoms with Gasteiger partial charge in [-0.05, 0) is 43.0 Å². The highest BCUT2D eigenvalue weighted by atomic mass is 32.2. The molecule has 1 aliphatic rings. The van der Waals surface area contributed by atoms with Crippen molar-refractivity contribution in [3.63, 3.8) is 0 Å². The second-order valence-electron chi connectivity index (χ2n) is 6.31. The van der Waals surface area contributed by atoms with Crippen molar-refractivity contribution in [2.24, 2.45) is 0 Å². The van der Waals surface area contributed by atoms with E-state index in [2.05, 4.69) is 45.8 Å². The fourth-order valence-electron chi connectivity index (χ4n) is 3.16. The van der Waals surface area contributed by atoms with Gasteiger partial charge in [-0.1, -0.05) is 23.4 Å². The normalized spacial score (nSPS) is 15.2. The lowest BCUT2D eigenvalue weighted by Gasteiger charge is -2.26. The first-order valence-electron chi connectivity index (χ1n) is 8.37. The Morgan fingerprint density at radius 1 is 1.20 bits per heavy atom. The molecule has 0 N–H and O–H groups in total. The molecule has 1 aliphatic heterocycles. The summed E-state index contributed by atoms with van der Waals surface area (Å²) in [6, 6.07) is 8.48. The molecule has 1 aromatic carbocycles. The van der Waals surface area contributed by atoms with Gasteiger partial charge in [0, 0.05) is 13.1 Å². The van der Waals surface area contributed by atoms with E-state index in [0.717, 1.165) is 27.3 Å². The zero-order chi connectivity index (χ0) is 17.4. The number of nitrogens with zero attached hydrogens (tertiary/aromatic N) is 4. The molecule has 6 nitrogen and oxygen atoms in total. The number of hydrogen-bond donors (Lipinski definition) is 0. The molecule has 0 bridgehead atoms. The first-order valence-corrected chi connectivity index (χ1v) is 9.35. The molecule has 0 radical (unpaired) electrons. The average molecular weight is 356 g/mol. The van der Waals surface area contributed by atoms with Crippen LogP contribution in [0.2, 0.25) is 0 Å². The molecule has 0 spiro atoms. The minimum Gasteiger partial charge on any atom is -0.378 e. The quantitative estimate of drug-likeness (QED) is 0.675. The van der Waals surface area contributed by atoms with Crippen LogP contribution in [0.3, 0.4) is 0 Å². The predicted molar refractivity (Wildman–Crippen MR) is 98.1 cm³/mol. The molecular weight excluding hydrogens is 336 g/mol. The molecular formula is C18H20N4O2S. The van der Waals surface area contributed by atoms with Crippen LogP contribution in [-0.4, -0.2) is 57.5 Å². The number of aryl methyl sites for hydroxylation is 2. The predicted octanol–water partition coefficient (Wildman–Crippen LogP) is 2.45. The van der Waals surface area contributed by atoms with Gasteiger partial charge in [0.1, 0.15) is 0 Å². The van der Waals surface area contributed by atoms with Crippen LogP contribution in [0.1, 0.15) is 11.1 Å². The van der Waals surface area contributed by atoms with Crippen molar-refractivity contribution >= 4 is 34.2 Å². The fraction of sp³-hybridized carbons (Fsp3) is 0.389. The molecule has 1 amide bonds. The number of thioether (sulfide) groups is 1. The summed E-state index contributed by atoms with van der Waals surface area (Å²) in [5.74, 6) is 0.486. The Kier molecular flexibility index (Phi) is 4.35. The topological polar surface area (TPSA) is 59.7 Å². The molecule has 0 atom stereocenters. The third-order valence-corrected chi connectivity index (χ3v) is 5.38. The lowest BCUT2D eigenvalue weighted by molar-refractivity contribution is -0.132. The van der Waals surface area contributed by atoms with Crippen molar-refractivity contribution in [2.75, 3.05) is 32.1 Å². The smallest absolute Gasteiger partial charge is 0.233 e. The zero-order valence-electron chi connectivity index (χ0n) is 14.4. The standard InChI is InChI=1S/C18H20N4O2S/c1-12-3-4-15-14(9-12)10-13(2)17-19-20-18(22(15)17)25-11-16(23)21-5-7-24-8-6-21/h3-4,9-10H,5-8,11H2,1-2H3. The molecule has 0 saturated carbocycles. The Morgan fingerprint density at radius 3 is 2.80 bits per heavy atom. The van der Waals surface area contributed by atoms with E-state index >= 15 is 0 Å². The molecule has 0 aliphatic carbocycles. The Hall–Kier alpha value is -2.12. The Bertz CT molecular complexity index is 947. The van der Waals surface area contributed by atoms with Crippen LogP contribution in [0.4, 0.5) is 0 Å². The largest absolute Gasteiger partial charge is 0.378 e. The third-order valence-electron chi connectivity index (χ3n) is 4.47. The second-order valence-corrected chi connectivity index (χ2v) is 7.26. The summed E-state index contributed by atoms with van der Waals surface area (Å²) >= 11 is 1.44. The van der Waals surface area contributed by atoms with E-state index in [9.17, 15) is 4.79 Å². The van der Waals surface area contributed by atoms with Gasteiger partial charge < -0.3 is 9.64 Å². The summed E-state index contributed by atoms with van der Waals surface area (Å²) < 4.78 is 7.36. The first-order chi connectivity index (χ1) is 12.1. The molecule has 2 aromatic heterocycles. The minimum absolute atomic E-state index is 0.123. The maximum Gasteiger partial charge on any atom is 0.233 e. The van der Waals surface area contributed by atoms with Gasteiger partial charge in [0.05, 0.1) is 24.5 Å².